The summed E-state index contributed by atoms with van der Waals surface area (Å²) < 4.78 is 38.2. The van der Waals surface area contributed by atoms with Gasteiger partial charge in [0, 0.05) is 11.3 Å². The van der Waals surface area contributed by atoms with Crippen LogP contribution < -0.4 is 5.73 Å². The molecule has 2 aromatic rings. The van der Waals surface area contributed by atoms with Crippen molar-refractivity contribution in [2.75, 3.05) is 5.73 Å². The number of rotatable bonds is 3. The van der Waals surface area contributed by atoms with Gasteiger partial charge in [-0.3, -0.25) is 0 Å². The van der Waals surface area contributed by atoms with E-state index in [-0.39, 0.29) is 16.0 Å². The Kier molecular flexibility index (Phi) is 3.72. The lowest BCUT2D eigenvalue weighted by molar-refractivity contribution is 0.586. The van der Waals surface area contributed by atoms with E-state index in [1.807, 2.05) is 0 Å². The van der Waals surface area contributed by atoms with Crippen LogP contribution in [0.1, 0.15) is 11.1 Å². The third-order valence-electron chi connectivity index (χ3n) is 2.78. The van der Waals surface area contributed by atoms with Crippen molar-refractivity contribution in [1.82, 2.24) is 0 Å². The van der Waals surface area contributed by atoms with E-state index in [0.717, 1.165) is 0 Å². The van der Waals surface area contributed by atoms with Crippen LogP contribution in [0.2, 0.25) is 0 Å². The number of nitrogen functional groups attached to an aromatic ring is 1. The average Bonchev–Trinajstić information content (AvgIpc) is 2.41. The second kappa shape index (κ2) is 5.31. The summed E-state index contributed by atoms with van der Waals surface area (Å²) in [5.41, 5.74) is 5.74. The second-order valence-electron chi connectivity index (χ2n) is 4.22. The lowest BCUT2D eigenvalue weighted by atomic mass is 10.1. The molecule has 102 valence electrons. The lowest BCUT2D eigenvalue weighted by Gasteiger charge is -2.07. The molecule has 0 amide bonds. The summed E-state index contributed by atoms with van der Waals surface area (Å²) in [6, 6.07) is 11.5. The summed E-state index contributed by atoms with van der Waals surface area (Å²) in [6.45, 7) is 0. The van der Waals surface area contributed by atoms with Crippen molar-refractivity contribution < 1.29 is 12.8 Å². The van der Waals surface area contributed by atoms with Crippen molar-refractivity contribution in [2.24, 2.45) is 0 Å². The van der Waals surface area contributed by atoms with E-state index in [9.17, 15) is 12.8 Å². The smallest absolute Gasteiger partial charge is 0.182 e. The third kappa shape index (κ3) is 2.78. The van der Waals surface area contributed by atoms with E-state index in [0.29, 0.717) is 5.69 Å². The van der Waals surface area contributed by atoms with Gasteiger partial charge < -0.3 is 5.73 Å². The predicted molar refractivity (Wildman–Crippen MR) is 72.9 cm³/mol. The number of halogens is 1. The topological polar surface area (TPSA) is 84.0 Å². The van der Waals surface area contributed by atoms with Gasteiger partial charge in [0.15, 0.2) is 9.84 Å². The molecule has 0 saturated carbocycles. The highest BCUT2D eigenvalue weighted by molar-refractivity contribution is 7.90. The zero-order valence-electron chi connectivity index (χ0n) is 10.4. The first-order valence-electron chi connectivity index (χ1n) is 5.70. The Morgan fingerprint density at radius 1 is 1.15 bits per heavy atom. The van der Waals surface area contributed by atoms with Crippen LogP contribution in [0.3, 0.4) is 0 Å². The van der Waals surface area contributed by atoms with Crippen LogP contribution in [0.4, 0.5) is 10.1 Å². The Labute approximate surface area is 116 Å². The van der Waals surface area contributed by atoms with E-state index in [4.69, 9.17) is 11.0 Å². The summed E-state index contributed by atoms with van der Waals surface area (Å²) in [7, 11) is -3.68. The van der Waals surface area contributed by atoms with Gasteiger partial charge in [0.25, 0.3) is 0 Å². The van der Waals surface area contributed by atoms with Crippen molar-refractivity contribution in [3.63, 3.8) is 0 Å². The quantitative estimate of drug-likeness (QED) is 0.879. The molecule has 20 heavy (non-hydrogen) atoms. The van der Waals surface area contributed by atoms with E-state index in [1.165, 1.54) is 42.5 Å². The molecular formula is C14H11FN2O2S. The van der Waals surface area contributed by atoms with Crippen LogP contribution in [0.15, 0.2) is 47.4 Å². The summed E-state index contributed by atoms with van der Waals surface area (Å²) >= 11 is 0. The number of benzene rings is 2. The molecule has 0 aromatic heterocycles. The van der Waals surface area contributed by atoms with Gasteiger partial charge in [-0.25, -0.2) is 12.8 Å². The molecule has 0 saturated heterocycles. The first-order chi connectivity index (χ1) is 9.44. The zero-order chi connectivity index (χ0) is 14.8. The maximum absolute atomic E-state index is 13.9. The second-order valence-corrected chi connectivity index (χ2v) is 6.21. The van der Waals surface area contributed by atoms with Crippen LogP contribution in [-0.2, 0) is 15.6 Å². The monoisotopic (exact) mass is 290 g/mol. The van der Waals surface area contributed by atoms with Gasteiger partial charge in [-0.2, -0.15) is 5.26 Å². The summed E-state index contributed by atoms with van der Waals surface area (Å²) in [6.07, 6.45) is 0. The molecular weight excluding hydrogens is 279 g/mol. The number of hydrogen-bond acceptors (Lipinski definition) is 4. The Morgan fingerprint density at radius 3 is 2.40 bits per heavy atom. The van der Waals surface area contributed by atoms with Gasteiger partial charge >= 0.3 is 0 Å². The van der Waals surface area contributed by atoms with Crippen LogP contribution >= 0.6 is 0 Å². The van der Waals surface area contributed by atoms with Crippen molar-refractivity contribution >= 4 is 15.5 Å². The summed E-state index contributed by atoms with van der Waals surface area (Å²) in [4.78, 5) is 0.0634. The van der Waals surface area contributed by atoms with Crippen molar-refractivity contribution in [3.8, 4) is 6.07 Å². The molecule has 2 N–H and O–H groups in total. The number of nitrogens with two attached hydrogens (primary N) is 1. The Balaban J connectivity index is 2.39. The van der Waals surface area contributed by atoms with Crippen LogP contribution in [0.25, 0.3) is 0 Å². The van der Waals surface area contributed by atoms with E-state index < -0.39 is 21.4 Å². The highest BCUT2D eigenvalue weighted by Gasteiger charge is 2.18. The number of hydrogen-bond donors (Lipinski definition) is 1. The Hall–Kier alpha value is -2.39. The maximum atomic E-state index is 13.9. The minimum atomic E-state index is -3.68. The number of nitrogens with zero attached hydrogens (tertiary/aromatic N) is 1. The molecule has 2 rings (SSSR count). The van der Waals surface area contributed by atoms with Crippen LogP contribution in [0, 0.1) is 17.1 Å². The molecule has 0 spiro atoms. The molecule has 0 radical (unpaired) electrons. The molecule has 0 aliphatic heterocycles. The van der Waals surface area contributed by atoms with E-state index in [2.05, 4.69) is 0 Å². The van der Waals surface area contributed by atoms with E-state index in [1.54, 1.807) is 6.07 Å². The van der Waals surface area contributed by atoms with Gasteiger partial charge in [-0.1, -0.05) is 12.1 Å². The standard InChI is InChI=1S/C14H11FN2O2S/c15-14-10(8-16)2-1-3-11(14)9-20(18,19)13-6-4-12(17)5-7-13/h1-7H,9,17H2. The minimum absolute atomic E-state index is 0.0270. The van der Waals surface area contributed by atoms with Crippen LogP contribution in [-0.4, -0.2) is 8.42 Å². The van der Waals surface area contributed by atoms with Gasteiger partial charge in [-0.05, 0) is 30.3 Å². The molecule has 0 aliphatic carbocycles. The first kappa shape index (κ1) is 14.0. The molecule has 0 aliphatic rings. The summed E-state index contributed by atoms with van der Waals surface area (Å²) in [5.74, 6) is -1.30. The molecule has 4 nitrogen and oxygen atoms in total. The third-order valence-corrected chi connectivity index (χ3v) is 4.47. The van der Waals surface area contributed by atoms with Gasteiger partial charge in [-0.15, -0.1) is 0 Å². The van der Waals surface area contributed by atoms with Gasteiger partial charge in [0.1, 0.15) is 11.9 Å². The Morgan fingerprint density at radius 2 is 1.80 bits per heavy atom. The van der Waals surface area contributed by atoms with Gasteiger partial charge in [0.05, 0.1) is 16.2 Å². The first-order valence-corrected chi connectivity index (χ1v) is 7.35. The number of nitriles is 1. The number of sulfone groups is 1. The fourth-order valence-corrected chi connectivity index (χ4v) is 3.09. The molecule has 0 heterocycles. The minimum Gasteiger partial charge on any atom is -0.399 e. The fraction of sp³-hybridized carbons (Fsp3) is 0.0714. The molecule has 0 atom stereocenters. The van der Waals surface area contributed by atoms with Crippen LogP contribution in [0.5, 0.6) is 0 Å². The lowest BCUT2D eigenvalue weighted by Crippen LogP contribution is -2.07. The maximum Gasteiger partial charge on any atom is 0.182 e. The SMILES string of the molecule is N#Cc1cccc(CS(=O)(=O)c2ccc(N)cc2)c1F. The highest BCUT2D eigenvalue weighted by Crippen LogP contribution is 2.20. The highest BCUT2D eigenvalue weighted by atomic mass is 32.2. The average molecular weight is 290 g/mol. The molecule has 0 bridgehead atoms. The predicted octanol–water partition coefficient (Wildman–Crippen LogP) is 2.25. The summed E-state index contributed by atoms with van der Waals surface area (Å²) in [5, 5.41) is 8.74. The van der Waals surface area contributed by atoms with Crippen molar-refractivity contribution in [1.29, 1.82) is 5.26 Å². The molecule has 2 aromatic carbocycles. The Bertz CT molecular complexity index is 778. The normalized spacial score (nSPS) is 11.0. The largest absolute Gasteiger partial charge is 0.399 e. The molecule has 0 unspecified atom stereocenters. The van der Waals surface area contributed by atoms with Gasteiger partial charge in [0.2, 0.25) is 0 Å². The van der Waals surface area contributed by atoms with Crippen molar-refractivity contribution in [2.45, 2.75) is 10.6 Å². The zero-order valence-corrected chi connectivity index (χ0v) is 11.2. The van der Waals surface area contributed by atoms with Crippen molar-refractivity contribution in [3.05, 3.63) is 59.4 Å². The molecule has 0 fully saturated rings. The van der Waals surface area contributed by atoms with E-state index >= 15 is 0 Å². The molecule has 6 heteroatoms. The fourth-order valence-electron chi connectivity index (χ4n) is 1.74. The number of anilines is 1.